The highest BCUT2D eigenvalue weighted by Crippen LogP contribution is 2.21. The van der Waals surface area contributed by atoms with Crippen molar-refractivity contribution in [3.63, 3.8) is 0 Å². The third-order valence-corrected chi connectivity index (χ3v) is 2.16. The molecule has 0 atom stereocenters. The third-order valence-electron chi connectivity index (χ3n) is 1.79. The quantitative estimate of drug-likeness (QED) is 0.432. The van der Waals surface area contributed by atoms with Gasteiger partial charge in [-0.15, -0.1) is 0 Å². The van der Waals surface area contributed by atoms with Crippen molar-refractivity contribution < 1.29 is 24.7 Å². The average Bonchev–Trinajstić information content (AvgIpc) is 2.32. The molecule has 0 unspecified atom stereocenters. The number of nitro benzene ring substituents is 1. The van der Waals surface area contributed by atoms with Gasteiger partial charge in [-0.05, 0) is 18.7 Å². The van der Waals surface area contributed by atoms with E-state index in [4.69, 9.17) is 31.4 Å². The SMILES string of the molecule is CNCc1cc([N+](=O)[O-])ccc1Cl.O=C(O)C(=O)O. The summed E-state index contributed by atoms with van der Waals surface area (Å²) in [5.74, 6) is -3.65. The summed E-state index contributed by atoms with van der Waals surface area (Å²) in [6.07, 6.45) is 0. The number of hydrogen-bond donors (Lipinski definition) is 3. The van der Waals surface area contributed by atoms with Crippen molar-refractivity contribution in [2.75, 3.05) is 7.05 Å². The number of carboxylic acids is 2. The minimum atomic E-state index is -1.82. The topological polar surface area (TPSA) is 130 Å². The Labute approximate surface area is 112 Å². The van der Waals surface area contributed by atoms with Gasteiger partial charge in [-0.3, -0.25) is 10.1 Å². The van der Waals surface area contributed by atoms with E-state index in [1.807, 2.05) is 0 Å². The molecule has 19 heavy (non-hydrogen) atoms. The van der Waals surface area contributed by atoms with Crippen LogP contribution in [0.15, 0.2) is 18.2 Å². The molecule has 104 valence electrons. The molecule has 0 bridgehead atoms. The summed E-state index contributed by atoms with van der Waals surface area (Å²) in [5, 5.41) is 28.6. The van der Waals surface area contributed by atoms with Crippen LogP contribution < -0.4 is 5.32 Å². The first-order valence-electron chi connectivity index (χ1n) is 4.83. The van der Waals surface area contributed by atoms with E-state index in [1.54, 1.807) is 7.05 Å². The van der Waals surface area contributed by atoms with Gasteiger partial charge in [-0.1, -0.05) is 11.6 Å². The maximum atomic E-state index is 10.4. The fourth-order valence-electron chi connectivity index (χ4n) is 1.00. The highest BCUT2D eigenvalue weighted by molar-refractivity contribution is 6.31. The number of nitro groups is 1. The third kappa shape index (κ3) is 6.34. The number of rotatable bonds is 3. The summed E-state index contributed by atoms with van der Waals surface area (Å²) in [7, 11) is 1.76. The van der Waals surface area contributed by atoms with Crippen LogP contribution in [0, 0.1) is 10.1 Å². The minimum absolute atomic E-state index is 0.0645. The van der Waals surface area contributed by atoms with Crippen LogP contribution >= 0.6 is 11.6 Å². The Hall–Kier alpha value is -2.19. The van der Waals surface area contributed by atoms with E-state index in [0.717, 1.165) is 5.56 Å². The zero-order chi connectivity index (χ0) is 15.0. The molecule has 1 rings (SSSR count). The van der Waals surface area contributed by atoms with Gasteiger partial charge < -0.3 is 15.5 Å². The fraction of sp³-hybridized carbons (Fsp3) is 0.200. The Kier molecular flexibility index (Phi) is 7.08. The monoisotopic (exact) mass is 290 g/mol. The van der Waals surface area contributed by atoms with Crippen LogP contribution in [0.1, 0.15) is 5.56 Å². The second-order valence-electron chi connectivity index (χ2n) is 3.17. The molecule has 1 aromatic rings. The molecule has 1 aromatic carbocycles. The molecule has 0 fully saturated rings. The van der Waals surface area contributed by atoms with Crippen molar-refractivity contribution in [1.29, 1.82) is 0 Å². The van der Waals surface area contributed by atoms with Crippen molar-refractivity contribution in [2.24, 2.45) is 0 Å². The van der Waals surface area contributed by atoms with Crippen LogP contribution in [0.4, 0.5) is 5.69 Å². The molecular weight excluding hydrogens is 280 g/mol. The van der Waals surface area contributed by atoms with Crippen molar-refractivity contribution in [3.05, 3.63) is 38.9 Å². The molecule has 0 aliphatic rings. The van der Waals surface area contributed by atoms with Gasteiger partial charge in [0.1, 0.15) is 0 Å². The molecule has 0 radical (unpaired) electrons. The normalized spacial score (nSPS) is 9.16. The molecule has 3 N–H and O–H groups in total. The van der Waals surface area contributed by atoms with Crippen molar-refractivity contribution in [2.45, 2.75) is 6.54 Å². The van der Waals surface area contributed by atoms with Crippen LogP contribution in [-0.2, 0) is 16.1 Å². The number of nitrogens with zero attached hydrogens (tertiary/aromatic N) is 1. The first-order valence-corrected chi connectivity index (χ1v) is 5.21. The second kappa shape index (κ2) is 8.01. The summed E-state index contributed by atoms with van der Waals surface area (Å²) >= 11 is 5.82. The van der Waals surface area contributed by atoms with Gasteiger partial charge in [0.15, 0.2) is 0 Å². The van der Waals surface area contributed by atoms with E-state index >= 15 is 0 Å². The lowest BCUT2D eigenvalue weighted by Gasteiger charge is -2.02. The average molecular weight is 291 g/mol. The Balaban J connectivity index is 0.000000459. The van der Waals surface area contributed by atoms with E-state index < -0.39 is 16.9 Å². The molecule has 0 saturated heterocycles. The zero-order valence-electron chi connectivity index (χ0n) is 9.79. The smallest absolute Gasteiger partial charge is 0.414 e. The lowest BCUT2D eigenvalue weighted by atomic mass is 10.2. The summed E-state index contributed by atoms with van der Waals surface area (Å²) in [4.78, 5) is 28.2. The van der Waals surface area contributed by atoms with Gasteiger partial charge in [0.2, 0.25) is 0 Å². The van der Waals surface area contributed by atoms with Crippen LogP contribution in [-0.4, -0.2) is 34.1 Å². The molecule has 0 amide bonds. The maximum absolute atomic E-state index is 10.4. The second-order valence-corrected chi connectivity index (χ2v) is 3.58. The highest BCUT2D eigenvalue weighted by Gasteiger charge is 2.08. The molecule has 0 saturated carbocycles. The molecule has 0 aliphatic heterocycles. The zero-order valence-corrected chi connectivity index (χ0v) is 10.5. The summed E-state index contributed by atoms with van der Waals surface area (Å²) in [6.45, 7) is 0.528. The number of carbonyl (C=O) groups is 2. The summed E-state index contributed by atoms with van der Waals surface area (Å²) in [6, 6.07) is 4.40. The van der Waals surface area contributed by atoms with Crippen LogP contribution in [0.25, 0.3) is 0 Å². The van der Waals surface area contributed by atoms with Gasteiger partial charge in [0.05, 0.1) is 4.92 Å². The van der Waals surface area contributed by atoms with Crippen molar-refractivity contribution in [3.8, 4) is 0 Å². The van der Waals surface area contributed by atoms with Crippen LogP contribution in [0.3, 0.4) is 0 Å². The molecule has 8 nitrogen and oxygen atoms in total. The van der Waals surface area contributed by atoms with E-state index in [9.17, 15) is 10.1 Å². The summed E-state index contributed by atoms with van der Waals surface area (Å²) < 4.78 is 0. The predicted octanol–water partition coefficient (Wildman–Crippen LogP) is 1.12. The van der Waals surface area contributed by atoms with E-state index in [-0.39, 0.29) is 5.69 Å². The van der Waals surface area contributed by atoms with Gasteiger partial charge >= 0.3 is 11.9 Å². The number of nitrogens with one attached hydrogen (secondary N) is 1. The van der Waals surface area contributed by atoms with Gasteiger partial charge in [0, 0.05) is 23.7 Å². The van der Waals surface area contributed by atoms with Crippen LogP contribution in [0.5, 0.6) is 0 Å². The Morgan fingerprint density at radius 3 is 2.26 bits per heavy atom. The largest absolute Gasteiger partial charge is 0.473 e. The lowest BCUT2D eigenvalue weighted by Crippen LogP contribution is -2.09. The number of halogens is 1. The number of carboxylic acid groups (broad SMARTS) is 2. The van der Waals surface area contributed by atoms with E-state index in [1.165, 1.54) is 18.2 Å². The molecule has 0 aliphatic carbocycles. The van der Waals surface area contributed by atoms with Crippen molar-refractivity contribution in [1.82, 2.24) is 5.32 Å². The predicted molar refractivity (Wildman–Crippen MR) is 66.1 cm³/mol. The fourth-order valence-corrected chi connectivity index (χ4v) is 1.18. The van der Waals surface area contributed by atoms with E-state index in [2.05, 4.69) is 5.32 Å². The number of aliphatic carboxylic acids is 2. The lowest BCUT2D eigenvalue weighted by molar-refractivity contribution is -0.384. The van der Waals surface area contributed by atoms with Crippen molar-refractivity contribution >= 4 is 29.2 Å². The van der Waals surface area contributed by atoms with Gasteiger partial charge in [-0.25, -0.2) is 9.59 Å². The Morgan fingerprint density at radius 2 is 1.89 bits per heavy atom. The molecule has 0 heterocycles. The van der Waals surface area contributed by atoms with Gasteiger partial charge in [-0.2, -0.15) is 0 Å². The highest BCUT2D eigenvalue weighted by atomic mass is 35.5. The Bertz CT molecular complexity index is 479. The molecular formula is C10H11ClN2O6. The number of benzene rings is 1. The maximum Gasteiger partial charge on any atom is 0.414 e. The summed E-state index contributed by atoms with van der Waals surface area (Å²) in [5.41, 5.74) is 0.799. The first kappa shape index (κ1) is 16.8. The van der Waals surface area contributed by atoms with E-state index in [0.29, 0.717) is 11.6 Å². The van der Waals surface area contributed by atoms with Crippen LogP contribution in [0.2, 0.25) is 5.02 Å². The molecule has 0 aromatic heterocycles. The number of non-ortho nitro benzene ring substituents is 1. The standard InChI is InChI=1S/C8H9ClN2O2.C2H2O4/c1-10-5-6-4-7(11(12)13)2-3-8(6)9;3-1(4)2(5)6/h2-4,10H,5H2,1H3;(H,3,4)(H,5,6). The molecule has 0 spiro atoms. The minimum Gasteiger partial charge on any atom is -0.473 e. The molecule has 9 heteroatoms. The first-order chi connectivity index (χ1) is 8.79. The Morgan fingerprint density at radius 1 is 1.37 bits per heavy atom. The number of hydrogen-bond acceptors (Lipinski definition) is 5. The van der Waals surface area contributed by atoms with Gasteiger partial charge in [0.25, 0.3) is 5.69 Å².